The number of para-hydroxylation sites is 1. The van der Waals surface area contributed by atoms with Crippen molar-refractivity contribution >= 4 is 17.6 Å². The van der Waals surface area contributed by atoms with Crippen LogP contribution in [0.4, 0.5) is 5.69 Å². The van der Waals surface area contributed by atoms with Gasteiger partial charge in [0.05, 0.1) is 0 Å². The van der Waals surface area contributed by atoms with E-state index in [1.807, 2.05) is 18.2 Å². The van der Waals surface area contributed by atoms with Crippen LogP contribution in [0, 0.1) is 0 Å². The maximum absolute atomic E-state index is 12.0. The molecular weight excluding hydrogens is 272 g/mol. The number of likely N-dealkylation sites (N-methyl/N-ethyl adjacent to an activating group) is 1. The lowest BCUT2D eigenvalue weighted by Crippen LogP contribution is -2.31. The molecule has 1 aromatic heterocycles. The van der Waals surface area contributed by atoms with Crippen molar-refractivity contribution in [2.24, 2.45) is 0 Å². The van der Waals surface area contributed by atoms with Gasteiger partial charge >= 0.3 is 5.97 Å². The van der Waals surface area contributed by atoms with E-state index in [2.05, 4.69) is 4.98 Å². The van der Waals surface area contributed by atoms with Crippen LogP contribution in [0.5, 0.6) is 5.75 Å². The number of hydrogen-bond donors (Lipinski definition) is 1. The molecule has 1 aromatic carbocycles. The molecule has 0 saturated carbocycles. The van der Waals surface area contributed by atoms with Crippen molar-refractivity contribution in [3.63, 3.8) is 0 Å². The molecule has 1 amide bonds. The first-order valence-corrected chi connectivity index (χ1v) is 6.22. The van der Waals surface area contributed by atoms with Crippen LogP contribution in [0.3, 0.4) is 0 Å². The van der Waals surface area contributed by atoms with Crippen molar-refractivity contribution in [1.29, 1.82) is 0 Å². The number of pyridine rings is 1. The van der Waals surface area contributed by atoms with Gasteiger partial charge in [-0.3, -0.25) is 4.79 Å². The minimum absolute atomic E-state index is 0.0693. The molecule has 0 saturated heterocycles. The Bertz CT molecular complexity index is 643. The number of nitrogens with zero attached hydrogens (tertiary/aromatic N) is 2. The Morgan fingerprint density at radius 3 is 2.57 bits per heavy atom. The zero-order chi connectivity index (χ0) is 15.2. The van der Waals surface area contributed by atoms with Gasteiger partial charge in [0.25, 0.3) is 5.91 Å². The highest BCUT2D eigenvalue weighted by atomic mass is 16.5. The molecule has 2 aromatic rings. The quantitative estimate of drug-likeness (QED) is 0.907. The third-order valence-corrected chi connectivity index (χ3v) is 2.84. The van der Waals surface area contributed by atoms with E-state index in [1.165, 1.54) is 17.2 Å². The van der Waals surface area contributed by atoms with Gasteiger partial charge in [-0.2, -0.15) is 0 Å². The molecule has 21 heavy (non-hydrogen) atoms. The van der Waals surface area contributed by atoms with Gasteiger partial charge in [-0.25, -0.2) is 9.78 Å². The molecule has 0 bridgehead atoms. The van der Waals surface area contributed by atoms with Crippen LogP contribution < -0.4 is 9.64 Å². The Labute approximate surface area is 121 Å². The summed E-state index contributed by atoms with van der Waals surface area (Å²) in [7, 11) is 1.63. The molecular formula is C15H14N2O4. The molecule has 0 aliphatic rings. The maximum atomic E-state index is 12.0. The lowest BCUT2D eigenvalue weighted by molar-refractivity contribution is -0.120. The average Bonchev–Trinajstić information content (AvgIpc) is 2.52. The molecule has 1 N–H and O–H groups in total. The number of rotatable bonds is 5. The lowest BCUT2D eigenvalue weighted by atomic mass is 10.3. The van der Waals surface area contributed by atoms with Gasteiger partial charge in [-0.05, 0) is 24.3 Å². The third kappa shape index (κ3) is 3.56. The van der Waals surface area contributed by atoms with Gasteiger partial charge in [0, 0.05) is 18.9 Å². The number of aromatic carboxylic acids is 1. The number of carboxylic acid groups (broad SMARTS) is 1. The first-order valence-electron chi connectivity index (χ1n) is 6.22. The van der Waals surface area contributed by atoms with E-state index < -0.39 is 5.97 Å². The Balaban J connectivity index is 2.03. The third-order valence-electron chi connectivity index (χ3n) is 2.84. The largest absolute Gasteiger partial charge is 0.481 e. The summed E-state index contributed by atoms with van der Waals surface area (Å²) in [6.07, 6.45) is 1.36. The predicted octanol–water partition coefficient (Wildman–Crippen LogP) is 1.82. The van der Waals surface area contributed by atoms with E-state index in [-0.39, 0.29) is 24.0 Å². The number of anilines is 1. The second-order valence-electron chi connectivity index (χ2n) is 4.23. The fourth-order valence-electron chi connectivity index (χ4n) is 1.70. The first-order chi connectivity index (χ1) is 10.1. The molecule has 0 spiro atoms. The van der Waals surface area contributed by atoms with E-state index >= 15 is 0 Å². The van der Waals surface area contributed by atoms with Gasteiger partial charge in [-0.15, -0.1) is 0 Å². The predicted molar refractivity (Wildman–Crippen MR) is 76.5 cm³/mol. The van der Waals surface area contributed by atoms with Crippen molar-refractivity contribution in [1.82, 2.24) is 4.98 Å². The van der Waals surface area contributed by atoms with Gasteiger partial charge < -0.3 is 14.7 Å². The molecule has 1 heterocycles. The number of hydrogen-bond acceptors (Lipinski definition) is 4. The van der Waals surface area contributed by atoms with Gasteiger partial charge in [-0.1, -0.05) is 18.2 Å². The summed E-state index contributed by atoms with van der Waals surface area (Å²) < 4.78 is 5.27. The second kappa shape index (κ2) is 6.51. The van der Waals surface area contributed by atoms with Crippen molar-refractivity contribution < 1.29 is 19.4 Å². The van der Waals surface area contributed by atoms with Crippen LogP contribution in [0.2, 0.25) is 0 Å². The maximum Gasteiger partial charge on any atom is 0.358 e. The van der Waals surface area contributed by atoms with Crippen LogP contribution in [0.1, 0.15) is 10.5 Å². The van der Waals surface area contributed by atoms with Crippen molar-refractivity contribution in [3.8, 4) is 5.75 Å². The molecule has 0 fully saturated rings. The minimum Gasteiger partial charge on any atom is -0.481 e. The number of carbonyl (C=O) groups excluding carboxylic acids is 1. The highest BCUT2D eigenvalue weighted by molar-refractivity contribution is 5.94. The van der Waals surface area contributed by atoms with E-state index in [4.69, 9.17) is 9.84 Å². The molecule has 2 rings (SSSR count). The zero-order valence-electron chi connectivity index (χ0n) is 11.4. The average molecular weight is 286 g/mol. The summed E-state index contributed by atoms with van der Waals surface area (Å²) in [5, 5.41) is 8.98. The highest BCUT2D eigenvalue weighted by Gasteiger charge is 2.15. The second-order valence-corrected chi connectivity index (χ2v) is 4.23. The van der Waals surface area contributed by atoms with Crippen LogP contribution in [0.25, 0.3) is 0 Å². The highest BCUT2D eigenvalue weighted by Crippen LogP contribution is 2.16. The van der Waals surface area contributed by atoms with Gasteiger partial charge in [0.15, 0.2) is 18.1 Å². The number of amides is 1. The fraction of sp³-hybridized carbons (Fsp3) is 0.133. The Kier molecular flexibility index (Phi) is 4.50. The lowest BCUT2D eigenvalue weighted by Gasteiger charge is -2.17. The van der Waals surface area contributed by atoms with E-state index in [0.717, 1.165) is 5.69 Å². The number of benzene rings is 1. The van der Waals surface area contributed by atoms with E-state index in [9.17, 15) is 9.59 Å². The molecule has 6 nitrogen and oxygen atoms in total. The van der Waals surface area contributed by atoms with Crippen molar-refractivity contribution in [2.75, 3.05) is 18.6 Å². The van der Waals surface area contributed by atoms with E-state index in [1.54, 1.807) is 25.2 Å². The topological polar surface area (TPSA) is 79.7 Å². The monoisotopic (exact) mass is 286 g/mol. The summed E-state index contributed by atoms with van der Waals surface area (Å²) >= 11 is 0. The zero-order valence-corrected chi connectivity index (χ0v) is 11.4. The summed E-state index contributed by atoms with van der Waals surface area (Å²) in [4.78, 5) is 28.2. The van der Waals surface area contributed by atoms with Crippen LogP contribution in [0.15, 0.2) is 48.7 Å². The van der Waals surface area contributed by atoms with Crippen molar-refractivity contribution in [2.45, 2.75) is 0 Å². The standard InChI is InChI=1S/C15H14N2O4/c1-17(11-6-3-2-4-7-11)13(18)10-21-12-8-5-9-16-14(12)15(19)20/h2-9H,10H2,1H3,(H,19,20). The summed E-state index contributed by atoms with van der Waals surface area (Å²) in [6.45, 7) is -0.267. The molecule has 6 heteroatoms. The fourth-order valence-corrected chi connectivity index (χ4v) is 1.70. The van der Waals surface area contributed by atoms with Crippen LogP contribution in [-0.4, -0.2) is 35.6 Å². The molecule has 108 valence electrons. The summed E-state index contributed by atoms with van der Waals surface area (Å²) in [6, 6.07) is 12.1. The van der Waals surface area contributed by atoms with E-state index in [0.29, 0.717) is 0 Å². The summed E-state index contributed by atoms with van der Waals surface area (Å²) in [5.41, 5.74) is 0.517. The molecule has 0 unspecified atom stereocenters. The number of carbonyl (C=O) groups is 2. The molecule has 0 aliphatic heterocycles. The smallest absolute Gasteiger partial charge is 0.358 e. The van der Waals surface area contributed by atoms with Gasteiger partial charge in [0.1, 0.15) is 0 Å². The van der Waals surface area contributed by atoms with Gasteiger partial charge in [0.2, 0.25) is 0 Å². The molecule has 0 aliphatic carbocycles. The normalized spacial score (nSPS) is 9.95. The number of carboxylic acids is 1. The Hall–Kier alpha value is -2.89. The number of aromatic nitrogens is 1. The molecule has 0 radical (unpaired) electrons. The van der Waals surface area contributed by atoms with Crippen LogP contribution >= 0.6 is 0 Å². The van der Waals surface area contributed by atoms with Crippen molar-refractivity contribution in [3.05, 3.63) is 54.4 Å². The SMILES string of the molecule is CN(C(=O)COc1cccnc1C(=O)O)c1ccccc1. The Morgan fingerprint density at radius 2 is 1.90 bits per heavy atom. The van der Waals surface area contributed by atoms with Crippen LogP contribution in [-0.2, 0) is 4.79 Å². The molecule has 0 atom stereocenters. The first kappa shape index (κ1) is 14.5. The Morgan fingerprint density at radius 1 is 1.19 bits per heavy atom. The number of ether oxygens (including phenoxy) is 1. The minimum atomic E-state index is -1.20. The summed E-state index contributed by atoms with van der Waals surface area (Å²) in [5.74, 6) is -1.42.